The second-order valence-electron chi connectivity index (χ2n) is 11.5. The Balaban J connectivity index is 1.63. The monoisotopic (exact) mass is 561 g/mol. The summed E-state index contributed by atoms with van der Waals surface area (Å²) in [6, 6.07) is 2.50. The molecular weight excluding hydrogens is 521 g/mol. The first-order valence-electron chi connectivity index (χ1n) is 13.6. The number of hydrogen-bond acceptors (Lipinski definition) is 9. The van der Waals surface area contributed by atoms with E-state index >= 15 is 0 Å². The molecule has 214 valence electrons. The number of H-pyrrole nitrogens is 1. The van der Waals surface area contributed by atoms with Gasteiger partial charge in [-0.2, -0.15) is 10.2 Å². The predicted molar refractivity (Wildman–Crippen MR) is 148 cm³/mol. The maximum absolute atomic E-state index is 12.7. The topological polar surface area (TPSA) is 147 Å². The molecule has 1 aliphatic carbocycles. The van der Waals surface area contributed by atoms with Crippen LogP contribution in [0.4, 0.5) is 5.95 Å². The number of aromatic nitrogens is 4. The van der Waals surface area contributed by atoms with E-state index in [0.29, 0.717) is 18.7 Å². The molecule has 39 heavy (non-hydrogen) atoms. The number of rotatable bonds is 12. The smallest absolute Gasteiger partial charge is 0.280 e. The summed E-state index contributed by atoms with van der Waals surface area (Å²) in [5.74, 6) is -0.447. The minimum Gasteiger partial charge on any atom is -0.351 e. The van der Waals surface area contributed by atoms with Crippen LogP contribution >= 0.6 is 8.53 Å². The summed E-state index contributed by atoms with van der Waals surface area (Å²) in [5, 5.41) is 11.7. The minimum absolute atomic E-state index is 0.0226. The van der Waals surface area contributed by atoms with E-state index in [1.54, 1.807) is 24.7 Å². The number of imidazole rings is 1. The summed E-state index contributed by atoms with van der Waals surface area (Å²) in [6.45, 7) is 14.5. The van der Waals surface area contributed by atoms with Gasteiger partial charge in [0.05, 0.1) is 37.6 Å². The SMILES string of the molecule is CC(C)C(=O)Nc1nc2c(ncn2[C@H]2CC(OP(OCCC#N)N(C(C)C)C(C)C)[C@@H](C3(C)CC3)O2)c(=O)[nH]1. The number of fused-ring (bicyclic) bond motifs is 1. The number of nitriles is 1. The number of aromatic amines is 1. The molecule has 1 aliphatic heterocycles. The van der Waals surface area contributed by atoms with Gasteiger partial charge in [0.15, 0.2) is 11.2 Å². The van der Waals surface area contributed by atoms with Crippen LogP contribution in [0.5, 0.6) is 0 Å². The molecule has 2 aromatic rings. The molecule has 2 N–H and O–H groups in total. The highest BCUT2D eigenvalue weighted by Gasteiger charge is 2.55. The number of carbonyl (C=O) groups excluding carboxylic acids is 1. The molecule has 0 spiro atoms. The molecule has 2 unspecified atom stereocenters. The fourth-order valence-electron chi connectivity index (χ4n) is 4.87. The van der Waals surface area contributed by atoms with Crippen LogP contribution in [0, 0.1) is 22.7 Å². The van der Waals surface area contributed by atoms with Gasteiger partial charge in [0.2, 0.25) is 11.9 Å². The summed E-state index contributed by atoms with van der Waals surface area (Å²) in [4.78, 5) is 36.3. The van der Waals surface area contributed by atoms with E-state index in [-0.39, 0.29) is 59.4 Å². The molecule has 1 saturated heterocycles. The number of nitrogens with one attached hydrogen (secondary N) is 2. The third-order valence-corrected chi connectivity index (χ3v) is 9.35. The normalized spacial score (nSPS) is 23.2. The lowest BCUT2D eigenvalue weighted by Crippen LogP contribution is -2.37. The fourth-order valence-corrected chi connectivity index (χ4v) is 6.61. The van der Waals surface area contributed by atoms with E-state index in [2.05, 4.69) is 65.6 Å². The molecule has 4 rings (SSSR count). The van der Waals surface area contributed by atoms with Crippen molar-refractivity contribution in [2.45, 2.75) is 105 Å². The molecule has 1 amide bonds. The van der Waals surface area contributed by atoms with Gasteiger partial charge >= 0.3 is 0 Å². The molecule has 12 nitrogen and oxygen atoms in total. The molecule has 3 heterocycles. The zero-order chi connectivity index (χ0) is 28.5. The summed E-state index contributed by atoms with van der Waals surface area (Å²) >= 11 is 0. The largest absolute Gasteiger partial charge is 0.351 e. The summed E-state index contributed by atoms with van der Waals surface area (Å²) in [7, 11) is -1.45. The highest BCUT2D eigenvalue weighted by molar-refractivity contribution is 7.44. The van der Waals surface area contributed by atoms with Gasteiger partial charge in [-0.3, -0.25) is 24.5 Å². The van der Waals surface area contributed by atoms with Crippen LogP contribution in [-0.4, -0.2) is 61.0 Å². The number of nitrogens with zero attached hydrogens (tertiary/aromatic N) is 5. The van der Waals surface area contributed by atoms with Crippen LogP contribution in [-0.2, 0) is 18.6 Å². The number of hydrogen-bond donors (Lipinski definition) is 2. The first-order chi connectivity index (χ1) is 18.4. The Kier molecular flexibility index (Phi) is 9.08. The summed E-state index contributed by atoms with van der Waals surface area (Å²) in [6.07, 6.45) is 3.50. The van der Waals surface area contributed by atoms with Gasteiger partial charge in [-0.25, -0.2) is 9.65 Å². The standard InChI is InChI=1S/C26H40N7O5P/c1-15(2)23(34)30-25-29-22-20(24(35)31-25)28-14-32(22)19-13-18(21(37-19)26(7)9-10-26)38-39(36-12-8-11-27)33(16(3)4)17(5)6/h14-19,21H,8-10,12-13H2,1-7H3,(H2,29,30,31,34,35)/t18?,19-,21+,39?/m1/s1. The van der Waals surface area contributed by atoms with Gasteiger partial charge < -0.3 is 13.8 Å². The zero-order valence-corrected chi connectivity index (χ0v) is 24.7. The lowest BCUT2D eigenvalue weighted by Gasteiger charge is -2.38. The van der Waals surface area contributed by atoms with Crippen LogP contribution in [0.3, 0.4) is 0 Å². The third-order valence-electron chi connectivity index (χ3n) is 7.20. The van der Waals surface area contributed by atoms with Crippen LogP contribution in [0.25, 0.3) is 11.2 Å². The van der Waals surface area contributed by atoms with Crippen molar-refractivity contribution in [1.82, 2.24) is 24.2 Å². The van der Waals surface area contributed by atoms with Crippen molar-refractivity contribution in [3.63, 3.8) is 0 Å². The number of anilines is 1. The molecule has 0 bridgehead atoms. The van der Waals surface area contributed by atoms with Gasteiger partial charge in [-0.05, 0) is 46.0 Å². The van der Waals surface area contributed by atoms with Crippen molar-refractivity contribution in [2.24, 2.45) is 11.3 Å². The lowest BCUT2D eigenvalue weighted by atomic mass is 9.97. The maximum Gasteiger partial charge on any atom is 0.280 e. The van der Waals surface area contributed by atoms with Crippen LogP contribution in [0.2, 0.25) is 0 Å². The quantitative estimate of drug-likeness (QED) is 0.283. The number of carbonyl (C=O) groups is 1. The first-order valence-corrected chi connectivity index (χ1v) is 14.8. The first kappa shape index (κ1) is 29.6. The van der Waals surface area contributed by atoms with E-state index in [1.165, 1.54) is 0 Å². The van der Waals surface area contributed by atoms with E-state index in [1.807, 2.05) is 0 Å². The Morgan fingerprint density at radius 1 is 1.33 bits per heavy atom. The van der Waals surface area contributed by atoms with Crippen molar-refractivity contribution in [3.05, 3.63) is 16.7 Å². The van der Waals surface area contributed by atoms with Crippen molar-refractivity contribution >= 4 is 31.5 Å². The average Bonchev–Trinajstić information content (AvgIpc) is 3.24. The van der Waals surface area contributed by atoms with Gasteiger partial charge in [-0.1, -0.05) is 20.8 Å². The molecule has 0 radical (unpaired) electrons. The number of ether oxygens (including phenoxy) is 1. The van der Waals surface area contributed by atoms with Gasteiger partial charge in [0, 0.05) is 24.4 Å². The molecule has 2 aliphatic rings. The van der Waals surface area contributed by atoms with Crippen molar-refractivity contribution in [2.75, 3.05) is 11.9 Å². The van der Waals surface area contributed by atoms with E-state index in [0.717, 1.165) is 12.8 Å². The Labute approximate surface area is 230 Å². The van der Waals surface area contributed by atoms with Gasteiger partial charge in [0.25, 0.3) is 14.1 Å². The molecule has 2 aromatic heterocycles. The van der Waals surface area contributed by atoms with Gasteiger partial charge in [0.1, 0.15) is 6.23 Å². The Morgan fingerprint density at radius 2 is 2.03 bits per heavy atom. The van der Waals surface area contributed by atoms with Crippen molar-refractivity contribution < 1.29 is 18.6 Å². The third kappa shape index (κ3) is 6.50. The Bertz CT molecular complexity index is 1260. The van der Waals surface area contributed by atoms with Crippen LogP contribution in [0.15, 0.2) is 11.1 Å². The summed E-state index contributed by atoms with van der Waals surface area (Å²) in [5.41, 5.74) is 0.0492. The summed E-state index contributed by atoms with van der Waals surface area (Å²) < 4.78 is 23.5. The second-order valence-corrected chi connectivity index (χ2v) is 12.9. The molecule has 4 atom stereocenters. The Morgan fingerprint density at radius 3 is 2.62 bits per heavy atom. The highest BCUT2D eigenvalue weighted by Crippen LogP contribution is 2.58. The van der Waals surface area contributed by atoms with Crippen molar-refractivity contribution in [1.29, 1.82) is 5.26 Å². The molecule has 13 heteroatoms. The van der Waals surface area contributed by atoms with Crippen LogP contribution < -0.4 is 10.9 Å². The van der Waals surface area contributed by atoms with Gasteiger partial charge in [-0.15, -0.1) is 0 Å². The van der Waals surface area contributed by atoms with Crippen LogP contribution in [0.1, 0.15) is 80.4 Å². The molecule has 1 saturated carbocycles. The molecule has 2 fully saturated rings. The molecule has 0 aromatic carbocycles. The molecular formula is C26H40N7O5P. The van der Waals surface area contributed by atoms with E-state index < -0.39 is 20.3 Å². The lowest BCUT2D eigenvalue weighted by molar-refractivity contribution is -0.118. The second kappa shape index (κ2) is 12.0. The van der Waals surface area contributed by atoms with E-state index in [4.69, 9.17) is 19.0 Å². The van der Waals surface area contributed by atoms with E-state index in [9.17, 15) is 9.59 Å². The predicted octanol–water partition coefficient (Wildman–Crippen LogP) is 4.46. The number of amides is 1. The maximum atomic E-state index is 12.7. The minimum atomic E-state index is -1.45. The highest BCUT2D eigenvalue weighted by atomic mass is 31.2. The average molecular weight is 562 g/mol. The van der Waals surface area contributed by atoms with Crippen molar-refractivity contribution in [3.8, 4) is 6.07 Å². The zero-order valence-electron chi connectivity index (χ0n) is 23.8. The Hall–Kier alpha value is -2.42. The fraction of sp³-hybridized carbons (Fsp3) is 0.731.